The summed E-state index contributed by atoms with van der Waals surface area (Å²) in [5.74, 6) is 6.47. The fraction of sp³-hybridized carbons (Fsp3) is 0.118. The van der Waals surface area contributed by atoms with Crippen LogP contribution in [0.25, 0.3) is 11.1 Å². The van der Waals surface area contributed by atoms with Crippen LogP contribution in [0.15, 0.2) is 61.2 Å². The van der Waals surface area contributed by atoms with E-state index in [4.69, 9.17) is 10.6 Å². The predicted octanol–water partition coefficient (Wildman–Crippen LogP) is 2.89. The first-order chi connectivity index (χ1) is 10.8. The molecule has 0 saturated heterocycles. The SMILES string of the molecule is COc1c(Cn2ccnc2)cc(NN)cc1-c1ccccc1. The van der Waals surface area contributed by atoms with Gasteiger partial charge in [0.1, 0.15) is 5.75 Å². The Bertz CT molecular complexity index is 739. The van der Waals surface area contributed by atoms with Gasteiger partial charge in [0.25, 0.3) is 0 Å². The summed E-state index contributed by atoms with van der Waals surface area (Å²) in [5.41, 5.74) is 6.70. The van der Waals surface area contributed by atoms with Crippen molar-refractivity contribution in [2.45, 2.75) is 6.54 Å². The van der Waals surface area contributed by atoms with E-state index < -0.39 is 0 Å². The van der Waals surface area contributed by atoms with Crippen LogP contribution in [0.2, 0.25) is 0 Å². The van der Waals surface area contributed by atoms with Gasteiger partial charge in [-0.25, -0.2) is 4.98 Å². The smallest absolute Gasteiger partial charge is 0.131 e. The zero-order valence-corrected chi connectivity index (χ0v) is 12.4. The van der Waals surface area contributed by atoms with E-state index in [0.717, 1.165) is 28.1 Å². The maximum Gasteiger partial charge on any atom is 0.131 e. The van der Waals surface area contributed by atoms with Crippen molar-refractivity contribution in [1.29, 1.82) is 0 Å². The molecule has 5 nitrogen and oxygen atoms in total. The summed E-state index contributed by atoms with van der Waals surface area (Å²) in [6, 6.07) is 14.1. The Morgan fingerprint density at radius 1 is 1.23 bits per heavy atom. The molecule has 1 aromatic heterocycles. The number of nitrogens with two attached hydrogens (primary N) is 1. The van der Waals surface area contributed by atoms with Crippen molar-refractivity contribution in [2.75, 3.05) is 12.5 Å². The second-order valence-electron chi connectivity index (χ2n) is 4.96. The van der Waals surface area contributed by atoms with Gasteiger partial charge in [-0.05, 0) is 17.7 Å². The van der Waals surface area contributed by atoms with Gasteiger partial charge >= 0.3 is 0 Å². The minimum atomic E-state index is 0.665. The monoisotopic (exact) mass is 294 g/mol. The first kappa shape index (κ1) is 14.2. The summed E-state index contributed by atoms with van der Waals surface area (Å²) in [7, 11) is 1.69. The molecule has 0 aliphatic carbocycles. The van der Waals surface area contributed by atoms with Crippen molar-refractivity contribution < 1.29 is 4.74 Å². The summed E-state index contributed by atoms with van der Waals surface area (Å²) in [6.07, 6.45) is 5.46. The van der Waals surface area contributed by atoms with E-state index in [1.165, 1.54) is 0 Å². The van der Waals surface area contributed by atoms with Crippen LogP contribution in [-0.2, 0) is 6.54 Å². The Morgan fingerprint density at radius 3 is 2.68 bits per heavy atom. The summed E-state index contributed by atoms with van der Waals surface area (Å²) < 4.78 is 7.67. The number of ether oxygens (including phenoxy) is 1. The van der Waals surface area contributed by atoms with Crippen LogP contribution in [0.5, 0.6) is 5.75 Å². The molecular weight excluding hydrogens is 276 g/mol. The number of hydrazine groups is 1. The maximum absolute atomic E-state index is 5.68. The maximum atomic E-state index is 5.68. The van der Waals surface area contributed by atoms with Crippen LogP contribution in [0.4, 0.5) is 5.69 Å². The largest absolute Gasteiger partial charge is 0.496 e. The van der Waals surface area contributed by atoms with Gasteiger partial charge < -0.3 is 14.7 Å². The number of methoxy groups -OCH3 is 1. The van der Waals surface area contributed by atoms with E-state index in [2.05, 4.69) is 22.5 Å². The molecule has 0 bridgehead atoms. The van der Waals surface area contributed by atoms with Gasteiger partial charge in [-0.3, -0.25) is 5.84 Å². The lowest BCUT2D eigenvalue weighted by atomic mass is 10.00. The van der Waals surface area contributed by atoms with Gasteiger partial charge in [0, 0.05) is 29.2 Å². The average molecular weight is 294 g/mol. The normalized spacial score (nSPS) is 10.5. The van der Waals surface area contributed by atoms with Crippen molar-refractivity contribution in [3.8, 4) is 16.9 Å². The number of nitrogens with zero attached hydrogens (tertiary/aromatic N) is 2. The Kier molecular flexibility index (Phi) is 4.07. The van der Waals surface area contributed by atoms with Crippen LogP contribution in [0.3, 0.4) is 0 Å². The Labute approximate surface area is 129 Å². The Hall–Kier alpha value is -2.79. The Morgan fingerprint density at radius 2 is 2.05 bits per heavy atom. The van der Waals surface area contributed by atoms with Crippen molar-refractivity contribution in [2.24, 2.45) is 5.84 Å². The first-order valence-corrected chi connectivity index (χ1v) is 7.00. The van der Waals surface area contributed by atoms with E-state index in [0.29, 0.717) is 6.54 Å². The van der Waals surface area contributed by atoms with Crippen molar-refractivity contribution in [3.63, 3.8) is 0 Å². The molecule has 0 aliphatic heterocycles. The third-order valence-electron chi connectivity index (χ3n) is 3.53. The van der Waals surface area contributed by atoms with E-state index >= 15 is 0 Å². The van der Waals surface area contributed by atoms with Crippen molar-refractivity contribution >= 4 is 5.69 Å². The average Bonchev–Trinajstić information content (AvgIpc) is 3.08. The predicted molar refractivity (Wildman–Crippen MR) is 87.6 cm³/mol. The van der Waals surface area contributed by atoms with Crippen LogP contribution < -0.4 is 16.0 Å². The number of hydrogen-bond acceptors (Lipinski definition) is 4. The van der Waals surface area contributed by atoms with Crippen LogP contribution >= 0.6 is 0 Å². The summed E-state index contributed by atoms with van der Waals surface area (Å²) in [4.78, 5) is 4.08. The first-order valence-electron chi connectivity index (χ1n) is 7.00. The minimum absolute atomic E-state index is 0.665. The highest BCUT2D eigenvalue weighted by Gasteiger charge is 2.13. The number of hydrogen-bond donors (Lipinski definition) is 2. The standard InChI is InChI=1S/C17H18N4O/c1-22-17-14(11-21-8-7-19-12-21)9-15(20-18)10-16(17)13-5-3-2-4-6-13/h2-10,12,20H,11,18H2,1H3. The molecule has 5 heteroatoms. The topological polar surface area (TPSA) is 65.1 Å². The van der Waals surface area contributed by atoms with Gasteiger partial charge in [-0.2, -0.15) is 0 Å². The molecule has 0 saturated carbocycles. The number of benzene rings is 2. The van der Waals surface area contributed by atoms with Gasteiger partial charge in [0.2, 0.25) is 0 Å². The molecule has 3 N–H and O–H groups in total. The highest BCUT2D eigenvalue weighted by atomic mass is 16.5. The van der Waals surface area contributed by atoms with Crippen molar-refractivity contribution in [3.05, 3.63) is 66.7 Å². The highest BCUT2D eigenvalue weighted by Crippen LogP contribution is 2.36. The van der Waals surface area contributed by atoms with Crippen LogP contribution in [-0.4, -0.2) is 16.7 Å². The van der Waals surface area contributed by atoms with E-state index in [-0.39, 0.29) is 0 Å². The second-order valence-corrected chi connectivity index (χ2v) is 4.96. The number of nitrogen functional groups attached to an aromatic ring is 1. The molecule has 3 aromatic rings. The number of aromatic nitrogens is 2. The van der Waals surface area contributed by atoms with Gasteiger partial charge in [0.15, 0.2) is 0 Å². The number of rotatable bonds is 5. The molecule has 0 fully saturated rings. The fourth-order valence-corrected chi connectivity index (χ4v) is 2.54. The number of imidazole rings is 1. The lowest BCUT2D eigenvalue weighted by Crippen LogP contribution is -2.09. The van der Waals surface area contributed by atoms with Gasteiger partial charge in [-0.1, -0.05) is 30.3 Å². The molecular formula is C17H18N4O. The number of anilines is 1. The van der Waals surface area contributed by atoms with Crippen molar-refractivity contribution in [1.82, 2.24) is 9.55 Å². The quantitative estimate of drug-likeness (QED) is 0.561. The minimum Gasteiger partial charge on any atom is -0.496 e. The third kappa shape index (κ3) is 2.80. The highest BCUT2D eigenvalue weighted by molar-refractivity contribution is 5.76. The molecule has 0 unspecified atom stereocenters. The molecule has 0 atom stereocenters. The van der Waals surface area contributed by atoms with Gasteiger partial charge in [0.05, 0.1) is 20.0 Å². The third-order valence-corrected chi connectivity index (χ3v) is 3.53. The van der Waals surface area contributed by atoms with E-state index in [9.17, 15) is 0 Å². The summed E-state index contributed by atoms with van der Waals surface area (Å²) in [5, 5.41) is 0. The lowest BCUT2D eigenvalue weighted by Gasteiger charge is -2.16. The molecule has 2 aromatic carbocycles. The molecule has 1 heterocycles. The molecule has 3 rings (SSSR count). The van der Waals surface area contributed by atoms with Crippen LogP contribution in [0, 0.1) is 0 Å². The zero-order chi connectivity index (χ0) is 15.4. The number of nitrogens with one attached hydrogen (secondary N) is 1. The van der Waals surface area contributed by atoms with E-state index in [1.54, 1.807) is 19.6 Å². The summed E-state index contributed by atoms with van der Waals surface area (Å²) >= 11 is 0. The molecule has 0 aliphatic rings. The summed E-state index contributed by atoms with van der Waals surface area (Å²) in [6.45, 7) is 0.665. The van der Waals surface area contributed by atoms with E-state index in [1.807, 2.05) is 41.1 Å². The second kappa shape index (κ2) is 6.32. The van der Waals surface area contributed by atoms with Gasteiger partial charge in [-0.15, -0.1) is 0 Å². The van der Waals surface area contributed by atoms with Crippen LogP contribution in [0.1, 0.15) is 5.56 Å². The Balaban J connectivity index is 2.12. The lowest BCUT2D eigenvalue weighted by molar-refractivity contribution is 0.410. The molecule has 0 spiro atoms. The molecule has 112 valence electrons. The fourth-order valence-electron chi connectivity index (χ4n) is 2.54. The molecule has 0 radical (unpaired) electrons. The molecule has 0 amide bonds. The zero-order valence-electron chi connectivity index (χ0n) is 12.4. The molecule has 22 heavy (non-hydrogen) atoms.